The van der Waals surface area contributed by atoms with Gasteiger partial charge in [0.1, 0.15) is 10.8 Å². The molecule has 1 aromatic heterocycles. The Morgan fingerprint density at radius 3 is 2.79 bits per heavy atom. The zero-order valence-electron chi connectivity index (χ0n) is 10.4. The first-order valence-electron chi connectivity index (χ1n) is 5.95. The Morgan fingerprint density at radius 2 is 2.21 bits per heavy atom. The molecule has 6 nitrogen and oxygen atoms in total. The molecule has 0 saturated heterocycles. The summed E-state index contributed by atoms with van der Waals surface area (Å²) in [6.45, 7) is 1.65. The minimum Gasteiger partial charge on any atom is -0.481 e. The fourth-order valence-electron chi connectivity index (χ4n) is 2.32. The van der Waals surface area contributed by atoms with Crippen molar-refractivity contribution in [1.29, 1.82) is 0 Å². The number of amides is 1. The van der Waals surface area contributed by atoms with Gasteiger partial charge in [-0.2, -0.15) is 0 Å². The van der Waals surface area contributed by atoms with Crippen molar-refractivity contribution < 1.29 is 14.7 Å². The van der Waals surface area contributed by atoms with Gasteiger partial charge in [-0.1, -0.05) is 18.0 Å². The lowest BCUT2D eigenvalue weighted by Crippen LogP contribution is -2.47. The fraction of sp³-hybridized carbons (Fsp3) is 0.500. The first-order chi connectivity index (χ1) is 8.93. The Kier molecular flexibility index (Phi) is 3.71. The van der Waals surface area contributed by atoms with E-state index >= 15 is 0 Å². The van der Waals surface area contributed by atoms with Crippen LogP contribution in [0, 0.1) is 5.41 Å². The molecular formula is C12H14ClN3O3. The first-order valence-corrected chi connectivity index (χ1v) is 6.33. The largest absolute Gasteiger partial charge is 0.481 e. The van der Waals surface area contributed by atoms with Crippen molar-refractivity contribution >= 4 is 23.5 Å². The summed E-state index contributed by atoms with van der Waals surface area (Å²) in [4.78, 5) is 30.9. The number of aliphatic carboxylic acids is 1. The second kappa shape index (κ2) is 5.13. The number of carbonyl (C=O) groups excluding carboxylic acids is 1. The third-order valence-corrected chi connectivity index (χ3v) is 3.80. The topological polar surface area (TPSA) is 92.2 Å². The maximum Gasteiger partial charge on any atom is 0.311 e. The number of hydrogen-bond donors (Lipinski definition) is 2. The number of aromatic nitrogens is 2. The number of nitrogens with one attached hydrogen (secondary N) is 1. The minimum atomic E-state index is -0.921. The molecule has 1 aliphatic rings. The van der Waals surface area contributed by atoms with Crippen LogP contribution in [-0.4, -0.2) is 33.0 Å². The van der Waals surface area contributed by atoms with Gasteiger partial charge in [-0.3, -0.25) is 9.59 Å². The summed E-state index contributed by atoms with van der Waals surface area (Å²) < 4.78 is 0. The van der Waals surface area contributed by atoms with E-state index in [-0.39, 0.29) is 10.8 Å². The van der Waals surface area contributed by atoms with Crippen molar-refractivity contribution in [3.8, 4) is 0 Å². The molecule has 1 saturated carbocycles. The molecule has 2 N–H and O–H groups in total. The molecule has 2 atom stereocenters. The monoisotopic (exact) mass is 283 g/mol. The highest BCUT2D eigenvalue weighted by Gasteiger charge is 2.46. The summed E-state index contributed by atoms with van der Waals surface area (Å²) in [6, 6.07) is -0.394. The van der Waals surface area contributed by atoms with Crippen molar-refractivity contribution in [2.45, 2.75) is 32.2 Å². The standard InChI is InChI=1S/C12H14ClN3O3/c1-12(11(18)19)4-2-3-8(12)16-10(17)7-5-15-9(13)6-14-7/h5-6,8H,2-4H2,1H3,(H,16,17)(H,18,19). The van der Waals surface area contributed by atoms with Gasteiger partial charge in [-0.25, -0.2) is 9.97 Å². The Hall–Kier alpha value is -1.69. The average molecular weight is 284 g/mol. The van der Waals surface area contributed by atoms with Crippen molar-refractivity contribution in [3.63, 3.8) is 0 Å². The molecule has 1 aromatic rings. The summed E-state index contributed by atoms with van der Waals surface area (Å²) in [6.07, 6.45) is 4.53. The van der Waals surface area contributed by atoms with Gasteiger partial charge < -0.3 is 10.4 Å². The molecule has 0 bridgehead atoms. The van der Waals surface area contributed by atoms with Gasteiger partial charge in [0.15, 0.2) is 0 Å². The summed E-state index contributed by atoms with van der Waals surface area (Å²) in [5, 5.41) is 12.2. The summed E-state index contributed by atoms with van der Waals surface area (Å²) in [5.74, 6) is -1.32. The number of carboxylic acid groups (broad SMARTS) is 1. The third-order valence-electron chi connectivity index (χ3n) is 3.60. The molecular weight excluding hydrogens is 270 g/mol. The number of hydrogen-bond acceptors (Lipinski definition) is 4. The summed E-state index contributed by atoms with van der Waals surface area (Å²) >= 11 is 5.59. The van der Waals surface area contributed by atoms with Crippen molar-refractivity contribution in [3.05, 3.63) is 23.2 Å². The molecule has 1 aliphatic carbocycles. The number of rotatable bonds is 3. The molecule has 0 aliphatic heterocycles. The van der Waals surface area contributed by atoms with Gasteiger partial charge >= 0.3 is 5.97 Å². The van der Waals surface area contributed by atoms with Gasteiger partial charge in [0.05, 0.1) is 17.8 Å². The molecule has 0 aromatic carbocycles. The highest BCUT2D eigenvalue weighted by Crippen LogP contribution is 2.38. The normalized spacial score (nSPS) is 26.1. The van der Waals surface area contributed by atoms with Crippen LogP contribution in [0.25, 0.3) is 0 Å². The van der Waals surface area contributed by atoms with E-state index in [0.717, 1.165) is 6.42 Å². The number of carboxylic acids is 1. The number of carbonyl (C=O) groups is 2. The highest BCUT2D eigenvalue weighted by molar-refractivity contribution is 6.29. The van der Waals surface area contributed by atoms with E-state index in [0.29, 0.717) is 12.8 Å². The van der Waals surface area contributed by atoms with Gasteiger partial charge in [-0.15, -0.1) is 0 Å². The Balaban J connectivity index is 2.10. The SMILES string of the molecule is CC1(C(=O)O)CCCC1NC(=O)c1cnc(Cl)cn1. The van der Waals surface area contributed by atoms with Crippen LogP contribution < -0.4 is 5.32 Å². The smallest absolute Gasteiger partial charge is 0.311 e. The Bertz CT molecular complexity index is 505. The second-order valence-electron chi connectivity index (χ2n) is 4.87. The van der Waals surface area contributed by atoms with E-state index < -0.39 is 23.3 Å². The van der Waals surface area contributed by atoms with Crippen LogP contribution >= 0.6 is 11.6 Å². The molecule has 2 rings (SSSR count). The fourth-order valence-corrected chi connectivity index (χ4v) is 2.41. The van der Waals surface area contributed by atoms with Crippen LogP contribution in [0.4, 0.5) is 0 Å². The zero-order valence-corrected chi connectivity index (χ0v) is 11.1. The first kappa shape index (κ1) is 13.7. The minimum absolute atomic E-state index is 0.129. The van der Waals surface area contributed by atoms with Crippen LogP contribution in [0.15, 0.2) is 12.4 Å². The van der Waals surface area contributed by atoms with Gasteiger partial charge in [-0.05, 0) is 19.8 Å². The average Bonchev–Trinajstić information content (AvgIpc) is 2.73. The van der Waals surface area contributed by atoms with Gasteiger partial charge in [0.25, 0.3) is 5.91 Å². The zero-order chi connectivity index (χ0) is 14.0. The van der Waals surface area contributed by atoms with Crippen molar-refractivity contribution in [1.82, 2.24) is 15.3 Å². The molecule has 19 heavy (non-hydrogen) atoms. The van der Waals surface area contributed by atoms with E-state index in [1.54, 1.807) is 6.92 Å². The van der Waals surface area contributed by atoms with Crippen LogP contribution in [0.5, 0.6) is 0 Å². The van der Waals surface area contributed by atoms with Crippen LogP contribution in [0.2, 0.25) is 5.15 Å². The molecule has 1 heterocycles. The highest BCUT2D eigenvalue weighted by atomic mass is 35.5. The lowest BCUT2D eigenvalue weighted by Gasteiger charge is -2.27. The summed E-state index contributed by atoms with van der Waals surface area (Å²) in [7, 11) is 0. The maximum atomic E-state index is 12.0. The molecule has 2 unspecified atom stereocenters. The lowest BCUT2D eigenvalue weighted by molar-refractivity contribution is -0.148. The number of nitrogens with zero attached hydrogens (tertiary/aromatic N) is 2. The van der Waals surface area contributed by atoms with Crippen LogP contribution in [-0.2, 0) is 4.79 Å². The van der Waals surface area contributed by atoms with E-state index in [4.69, 9.17) is 11.6 Å². The lowest BCUT2D eigenvalue weighted by atomic mass is 9.85. The molecule has 7 heteroatoms. The van der Waals surface area contributed by atoms with E-state index in [9.17, 15) is 14.7 Å². The molecule has 102 valence electrons. The van der Waals surface area contributed by atoms with E-state index in [2.05, 4.69) is 15.3 Å². The van der Waals surface area contributed by atoms with E-state index in [1.807, 2.05) is 0 Å². The van der Waals surface area contributed by atoms with E-state index in [1.165, 1.54) is 12.4 Å². The maximum absolute atomic E-state index is 12.0. The van der Waals surface area contributed by atoms with Gasteiger partial charge in [0, 0.05) is 6.04 Å². The molecule has 0 spiro atoms. The predicted octanol–water partition coefficient (Wildman–Crippen LogP) is 1.50. The van der Waals surface area contributed by atoms with Crippen LogP contribution in [0.3, 0.4) is 0 Å². The predicted molar refractivity (Wildman–Crippen MR) is 67.9 cm³/mol. The van der Waals surface area contributed by atoms with Crippen molar-refractivity contribution in [2.75, 3.05) is 0 Å². The molecule has 1 fully saturated rings. The van der Waals surface area contributed by atoms with Crippen molar-refractivity contribution in [2.24, 2.45) is 5.41 Å². The second-order valence-corrected chi connectivity index (χ2v) is 5.25. The third kappa shape index (κ3) is 2.68. The Labute approximate surface area is 115 Å². The molecule has 1 amide bonds. The summed E-state index contributed by atoms with van der Waals surface area (Å²) in [5.41, 5.74) is -0.792. The Morgan fingerprint density at radius 1 is 1.47 bits per heavy atom. The molecule has 0 radical (unpaired) electrons. The quantitative estimate of drug-likeness (QED) is 0.877. The van der Waals surface area contributed by atoms with Gasteiger partial charge in [0.2, 0.25) is 0 Å². The van der Waals surface area contributed by atoms with Crippen LogP contribution in [0.1, 0.15) is 36.7 Å². The number of halogens is 1.